The molecule has 0 atom stereocenters. The highest BCUT2D eigenvalue weighted by Crippen LogP contribution is 2.13. The van der Waals surface area contributed by atoms with Gasteiger partial charge in [0.2, 0.25) is 0 Å². The Morgan fingerprint density at radius 2 is 1.94 bits per heavy atom. The Hall–Kier alpha value is -2.43. The highest BCUT2D eigenvalue weighted by Gasteiger charge is 2.13. The number of hydrogen-bond donors (Lipinski definition) is 1. The summed E-state index contributed by atoms with van der Waals surface area (Å²) in [7, 11) is 1.50. The van der Waals surface area contributed by atoms with Gasteiger partial charge >= 0.3 is 5.97 Å². The van der Waals surface area contributed by atoms with Crippen LogP contribution in [-0.2, 0) is 7.05 Å². The molecule has 5 heteroatoms. The van der Waals surface area contributed by atoms with Crippen molar-refractivity contribution >= 4 is 5.97 Å². The number of hydrogen-bond acceptors (Lipinski definition) is 3. The third kappa shape index (κ3) is 1.94. The van der Waals surface area contributed by atoms with Gasteiger partial charge in [-0.1, -0.05) is 30.3 Å². The maximum absolute atomic E-state index is 11.7. The molecule has 86 valence electrons. The van der Waals surface area contributed by atoms with Gasteiger partial charge in [0.25, 0.3) is 5.56 Å². The third-order valence-corrected chi connectivity index (χ3v) is 2.43. The fourth-order valence-corrected chi connectivity index (χ4v) is 1.55. The topological polar surface area (TPSA) is 72.2 Å². The fourth-order valence-electron chi connectivity index (χ4n) is 1.55. The van der Waals surface area contributed by atoms with Crippen LogP contribution in [0.2, 0.25) is 0 Å². The van der Waals surface area contributed by atoms with E-state index in [1.165, 1.54) is 11.6 Å². The summed E-state index contributed by atoms with van der Waals surface area (Å²) in [5, 5.41) is 8.80. The van der Waals surface area contributed by atoms with Crippen molar-refractivity contribution in [3.05, 3.63) is 52.4 Å². The van der Waals surface area contributed by atoms with Gasteiger partial charge in [0, 0.05) is 18.8 Å². The summed E-state index contributed by atoms with van der Waals surface area (Å²) < 4.78 is 1.23. The van der Waals surface area contributed by atoms with Gasteiger partial charge in [0.05, 0.1) is 0 Å². The molecule has 0 unspecified atom stereocenters. The summed E-state index contributed by atoms with van der Waals surface area (Å²) >= 11 is 0. The summed E-state index contributed by atoms with van der Waals surface area (Å²) in [5.41, 5.74) is -0.123. The molecule has 0 aliphatic rings. The second-order valence-electron chi connectivity index (χ2n) is 3.53. The second kappa shape index (κ2) is 4.21. The van der Waals surface area contributed by atoms with Gasteiger partial charge in [0.15, 0.2) is 0 Å². The van der Waals surface area contributed by atoms with Gasteiger partial charge in [-0.3, -0.25) is 9.36 Å². The molecule has 0 saturated heterocycles. The smallest absolute Gasteiger partial charge is 0.342 e. The number of aromatic nitrogens is 2. The largest absolute Gasteiger partial charge is 0.477 e. The minimum absolute atomic E-state index is 0.327. The Morgan fingerprint density at radius 1 is 1.29 bits per heavy atom. The quantitative estimate of drug-likeness (QED) is 0.839. The molecular formula is C12H10N2O3. The molecule has 1 N–H and O–H groups in total. The molecule has 5 nitrogen and oxygen atoms in total. The predicted octanol–water partition coefficient (Wildman–Crippen LogP) is 1.15. The Labute approximate surface area is 97.0 Å². The lowest BCUT2D eigenvalue weighted by atomic mass is 10.2. The van der Waals surface area contributed by atoms with E-state index >= 15 is 0 Å². The molecule has 2 rings (SSSR count). The van der Waals surface area contributed by atoms with E-state index in [4.69, 9.17) is 5.11 Å². The molecule has 0 saturated carbocycles. The third-order valence-electron chi connectivity index (χ3n) is 2.43. The Bertz CT molecular complexity index is 617. The number of rotatable bonds is 2. The number of nitrogens with zero attached hydrogens (tertiary/aromatic N) is 2. The first-order valence-corrected chi connectivity index (χ1v) is 4.96. The molecule has 0 aliphatic heterocycles. The maximum atomic E-state index is 11.7. The van der Waals surface area contributed by atoms with Crippen molar-refractivity contribution in [2.24, 2.45) is 7.05 Å². The van der Waals surface area contributed by atoms with E-state index in [0.717, 1.165) is 11.8 Å². The molecule has 0 amide bonds. The first-order valence-electron chi connectivity index (χ1n) is 4.96. The lowest BCUT2D eigenvalue weighted by molar-refractivity contribution is 0.0694. The van der Waals surface area contributed by atoms with Crippen LogP contribution in [0.4, 0.5) is 0 Å². The van der Waals surface area contributed by atoms with E-state index < -0.39 is 11.5 Å². The lowest BCUT2D eigenvalue weighted by Crippen LogP contribution is -2.26. The van der Waals surface area contributed by atoms with E-state index in [1.54, 1.807) is 0 Å². The van der Waals surface area contributed by atoms with Crippen molar-refractivity contribution in [3.63, 3.8) is 0 Å². The van der Waals surface area contributed by atoms with Gasteiger partial charge in [0.1, 0.15) is 11.4 Å². The lowest BCUT2D eigenvalue weighted by Gasteiger charge is -2.07. The summed E-state index contributed by atoms with van der Waals surface area (Å²) in [5.74, 6) is -0.821. The number of carboxylic acids is 1. The maximum Gasteiger partial charge on any atom is 0.342 e. The van der Waals surface area contributed by atoms with Crippen molar-refractivity contribution in [1.82, 2.24) is 9.55 Å². The van der Waals surface area contributed by atoms with Crippen molar-refractivity contribution < 1.29 is 9.90 Å². The van der Waals surface area contributed by atoms with Gasteiger partial charge in [-0.25, -0.2) is 9.78 Å². The van der Waals surface area contributed by atoms with Gasteiger partial charge in [-0.05, 0) is 0 Å². The molecule has 0 radical (unpaired) electrons. The molecule has 1 heterocycles. The zero-order chi connectivity index (χ0) is 12.4. The molecule has 0 spiro atoms. The molecule has 17 heavy (non-hydrogen) atoms. The number of aromatic carboxylic acids is 1. The first-order chi connectivity index (χ1) is 8.11. The SMILES string of the molecule is Cn1c(-c2ccccc2)ncc(C(=O)O)c1=O. The summed E-state index contributed by atoms with van der Waals surface area (Å²) in [6.45, 7) is 0. The van der Waals surface area contributed by atoms with Crippen LogP contribution < -0.4 is 5.56 Å². The summed E-state index contributed by atoms with van der Waals surface area (Å²) in [6.07, 6.45) is 1.09. The van der Waals surface area contributed by atoms with Crippen molar-refractivity contribution in [2.75, 3.05) is 0 Å². The van der Waals surface area contributed by atoms with Crippen LogP contribution in [0.15, 0.2) is 41.3 Å². The van der Waals surface area contributed by atoms with E-state index in [9.17, 15) is 9.59 Å². The number of carboxylic acid groups (broad SMARTS) is 1. The van der Waals surface area contributed by atoms with Crippen LogP contribution in [0.5, 0.6) is 0 Å². The summed E-state index contributed by atoms with van der Waals surface area (Å²) in [6, 6.07) is 9.12. The highest BCUT2D eigenvalue weighted by molar-refractivity contribution is 5.86. The molecule has 0 bridgehead atoms. The van der Waals surface area contributed by atoms with Gasteiger partial charge in [-0.15, -0.1) is 0 Å². The van der Waals surface area contributed by atoms with Crippen molar-refractivity contribution in [1.29, 1.82) is 0 Å². The number of carbonyl (C=O) groups is 1. The molecular weight excluding hydrogens is 220 g/mol. The van der Waals surface area contributed by atoms with Crippen LogP contribution in [0.1, 0.15) is 10.4 Å². The Morgan fingerprint density at radius 3 is 2.53 bits per heavy atom. The zero-order valence-electron chi connectivity index (χ0n) is 9.12. The standard InChI is InChI=1S/C12H10N2O3/c1-14-10(8-5-3-2-4-6-8)13-7-9(11(14)15)12(16)17/h2-7H,1H3,(H,16,17). The minimum Gasteiger partial charge on any atom is -0.477 e. The normalized spacial score (nSPS) is 10.2. The van der Waals surface area contributed by atoms with Gasteiger partial charge in [-0.2, -0.15) is 0 Å². The average molecular weight is 230 g/mol. The zero-order valence-corrected chi connectivity index (χ0v) is 9.12. The van der Waals surface area contributed by atoms with Crippen molar-refractivity contribution in [3.8, 4) is 11.4 Å². The Balaban J connectivity index is 2.64. The first kappa shape index (κ1) is 11.1. The van der Waals surface area contributed by atoms with Crippen LogP contribution in [0.25, 0.3) is 11.4 Å². The van der Waals surface area contributed by atoms with E-state index in [1.807, 2.05) is 30.3 Å². The van der Waals surface area contributed by atoms with Crippen LogP contribution in [-0.4, -0.2) is 20.6 Å². The molecule has 0 fully saturated rings. The Kier molecular flexibility index (Phi) is 2.74. The molecule has 1 aromatic carbocycles. The van der Waals surface area contributed by atoms with E-state index in [-0.39, 0.29) is 5.56 Å². The van der Waals surface area contributed by atoms with Crippen LogP contribution >= 0.6 is 0 Å². The second-order valence-corrected chi connectivity index (χ2v) is 3.53. The van der Waals surface area contributed by atoms with Crippen LogP contribution in [0.3, 0.4) is 0 Å². The predicted molar refractivity (Wildman–Crippen MR) is 61.9 cm³/mol. The molecule has 1 aromatic heterocycles. The number of benzene rings is 1. The monoisotopic (exact) mass is 230 g/mol. The van der Waals surface area contributed by atoms with Crippen molar-refractivity contribution in [2.45, 2.75) is 0 Å². The highest BCUT2D eigenvalue weighted by atomic mass is 16.4. The fraction of sp³-hybridized carbons (Fsp3) is 0.0833. The summed E-state index contributed by atoms with van der Waals surface area (Å²) in [4.78, 5) is 26.5. The average Bonchev–Trinajstić information content (AvgIpc) is 2.33. The van der Waals surface area contributed by atoms with E-state index in [2.05, 4.69) is 4.98 Å². The molecule has 0 aliphatic carbocycles. The minimum atomic E-state index is -1.27. The van der Waals surface area contributed by atoms with Gasteiger partial charge < -0.3 is 5.11 Å². The van der Waals surface area contributed by atoms with E-state index in [0.29, 0.717) is 5.82 Å². The van der Waals surface area contributed by atoms with Crippen LogP contribution in [0, 0.1) is 0 Å². The molecule has 2 aromatic rings.